The Morgan fingerprint density at radius 2 is 1.92 bits per heavy atom. The summed E-state index contributed by atoms with van der Waals surface area (Å²) in [6, 6.07) is 15.2. The molecule has 0 unspecified atom stereocenters. The fourth-order valence-electron chi connectivity index (χ4n) is 3.47. The molecule has 9 nitrogen and oxygen atoms in total. The molecule has 0 aliphatic carbocycles. The molecular formula is C26H24FN7O2. The second-order valence-corrected chi connectivity index (χ2v) is 7.80. The van der Waals surface area contributed by atoms with Crippen molar-refractivity contribution in [2.24, 2.45) is 0 Å². The predicted molar refractivity (Wildman–Crippen MR) is 134 cm³/mol. The van der Waals surface area contributed by atoms with E-state index in [9.17, 15) is 14.4 Å². The van der Waals surface area contributed by atoms with Crippen molar-refractivity contribution in [1.29, 1.82) is 5.26 Å². The Kier molecular flexibility index (Phi) is 7.83. The summed E-state index contributed by atoms with van der Waals surface area (Å²) in [4.78, 5) is 25.6. The highest BCUT2D eigenvalue weighted by atomic mass is 19.1. The van der Waals surface area contributed by atoms with Crippen LogP contribution in [0.5, 0.6) is 5.75 Å². The van der Waals surface area contributed by atoms with Crippen molar-refractivity contribution < 1.29 is 13.9 Å². The first-order valence-corrected chi connectivity index (χ1v) is 11.3. The van der Waals surface area contributed by atoms with E-state index in [4.69, 9.17) is 4.74 Å². The predicted octanol–water partition coefficient (Wildman–Crippen LogP) is 3.54. The van der Waals surface area contributed by atoms with Crippen LogP contribution in [0.4, 0.5) is 16.2 Å². The van der Waals surface area contributed by atoms with E-state index >= 15 is 0 Å². The molecule has 0 aliphatic heterocycles. The van der Waals surface area contributed by atoms with Crippen molar-refractivity contribution in [2.75, 3.05) is 37.4 Å². The number of aromatic nitrogens is 3. The van der Waals surface area contributed by atoms with Crippen LogP contribution in [0.15, 0.2) is 60.9 Å². The van der Waals surface area contributed by atoms with Crippen molar-refractivity contribution >= 4 is 28.6 Å². The van der Waals surface area contributed by atoms with Crippen molar-refractivity contribution in [3.05, 3.63) is 83.4 Å². The Balaban J connectivity index is 1.33. The minimum Gasteiger partial charge on any atom is -0.492 e. The SMILES string of the molecule is CNc1ncc2cc(OCCNc3ncc(C#N)cc3C(=O)NCCc3ccc(F)cc3)ccc2n1. The van der Waals surface area contributed by atoms with E-state index in [0.29, 0.717) is 43.6 Å². The van der Waals surface area contributed by atoms with Gasteiger partial charge >= 0.3 is 0 Å². The number of nitrogens with zero attached hydrogens (tertiary/aromatic N) is 4. The van der Waals surface area contributed by atoms with E-state index in [1.807, 2.05) is 24.3 Å². The van der Waals surface area contributed by atoms with Gasteiger partial charge in [0.15, 0.2) is 0 Å². The van der Waals surface area contributed by atoms with Gasteiger partial charge in [-0.1, -0.05) is 12.1 Å². The van der Waals surface area contributed by atoms with E-state index in [-0.39, 0.29) is 22.9 Å². The number of benzene rings is 2. The molecule has 2 aromatic heterocycles. The number of rotatable bonds is 10. The third kappa shape index (κ3) is 6.21. The number of hydrogen-bond donors (Lipinski definition) is 3. The summed E-state index contributed by atoms with van der Waals surface area (Å²) in [5.74, 6) is 0.894. The molecule has 2 aromatic carbocycles. The van der Waals surface area contributed by atoms with Crippen molar-refractivity contribution in [2.45, 2.75) is 6.42 Å². The second kappa shape index (κ2) is 11.6. The smallest absolute Gasteiger partial charge is 0.255 e. The molecule has 2 heterocycles. The third-order valence-corrected chi connectivity index (χ3v) is 5.31. The number of halogens is 1. The molecule has 10 heteroatoms. The number of carbonyl (C=O) groups is 1. The fourth-order valence-corrected chi connectivity index (χ4v) is 3.47. The van der Waals surface area contributed by atoms with Gasteiger partial charge in [0.05, 0.1) is 23.2 Å². The van der Waals surface area contributed by atoms with E-state index < -0.39 is 0 Å². The quantitative estimate of drug-likeness (QED) is 0.291. The van der Waals surface area contributed by atoms with Gasteiger partial charge in [0.25, 0.3) is 5.91 Å². The molecule has 1 amide bonds. The van der Waals surface area contributed by atoms with Gasteiger partial charge in [-0.3, -0.25) is 4.79 Å². The zero-order valence-corrected chi connectivity index (χ0v) is 19.6. The first-order chi connectivity index (χ1) is 17.6. The minimum atomic E-state index is -0.361. The molecule has 0 fully saturated rings. The molecule has 3 N–H and O–H groups in total. The van der Waals surface area contributed by atoms with Crippen LogP contribution in [0.2, 0.25) is 0 Å². The van der Waals surface area contributed by atoms with Crippen LogP contribution in [0, 0.1) is 17.1 Å². The van der Waals surface area contributed by atoms with Crippen LogP contribution in [0.3, 0.4) is 0 Å². The zero-order valence-electron chi connectivity index (χ0n) is 19.6. The summed E-state index contributed by atoms with van der Waals surface area (Å²) < 4.78 is 18.9. The molecule has 4 aromatic rings. The maximum Gasteiger partial charge on any atom is 0.255 e. The lowest BCUT2D eigenvalue weighted by Crippen LogP contribution is -2.27. The zero-order chi connectivity index (χ0) is 25.3. The number of pyridine rings is 1. The fraction of sp³-hybridized carbons (Fsp3) is 0.192. The first kappa shape index (κ1) is 24.3. The lowest BCUT2D eigenvalue weighted by Gasteiger charge is -2.13. The highest BCUT2D eigenvalue weighted by Crippen LogP contribution is 2.20. The lowest BCUT2D eigenvalue weighted by atomic mass is 10.1. The van der Waals surface area contributed by atoms with Crippen LogP contribution in [-0.4, -0.2) is 47.6 Å². The number of anilines is 2. The maximum atomic E-state index is 13.1. The Hall–Kier alpha value is -4.78. The average molecular weight is 486 g/mol. The van der Waals surface area contributed by atoms with Gasteiger partial charge in [-0.2, -0.15) is 5.26 Å². The molecule has 182 valence electrons. The largest absolute Gasteiger partial charge is 0.492 e. The summed E-state index contributed by atoms with van der Waals surface area (Å²) in [7, 11) is 1.76. The summed E-state index contributed by atoms with van der Waals surface area (Å²) >= 11 is 0. The van der Waals surface area contributed by atoms with Gasteiger partial charge in [-0.25, -0.2) is 19.3 Å². The van der Waals surface area contributed by atoms with Gasteiger partial charge in [-0.15, -0.1) is 0 Å². The topological polar surface area (TPSA) is 125 Å². The maximum absolute atomic E-state index is 13.1. The number of ether oxygens (including phenoxy) is 1. The molecule has 0 atom stereocenters. The average Bonchev–Trinajstić information content (AvgIpc) is 2.91. The van der Waals surface area contributed by atoms with Gasteiger partial charge in [0.2, 0.25) is 5.95 Å². The highest BCUT2D eigenvalue weighted by molar-refractivity contribution is 5.99. The Morgan fingerprint density at radius 1 is 1.08 bits per heavy atom. The monoisotopic (exact) mass is 485 g/mol. The minimum absolute atomic E-state index is 0.261. The third-order valence-electron chi connectivity index (χ3n) is 5.31. The number of fused-ring (bicyclic) bond motifs is 1. The molecule has 0 bridgehead atoms. The van der Waals surface area contributed by atoms with Crippen LogP contribution >= 0.6 is 0 Å². The Bertz CT molecular complexity index is 1400. The molecule has 0 radical (unpaired) electrons. The number of hydrogen-bond acceptors (Lipinski definition) is 8. The normalized spacial score (nSPS) is 10.5. The molecule has 36 heavy (non-hydrogen) atoms. The van der Waals surface area contributed by atoms with Crippen LogP contribution in [-0.2, 0) is 6.42 Å². The summed E-state index contributed by atoms with van der Waals surface area (Å²) in [6.45, 7) is 1.04. The van der Waals surface area contributed by atoms with Crippen molar-refractivity contribution in [1.82, 2.24) is 20.3 Å². The Morgan fingerprint density at radius 3 is 2.69 bits per heavy atom. The summed E-state index contributed by atoms with van der Waals surface area (Å²) in [5, 5.41) is 18.9. The van der Waals surface area contributed by atoms with E-state index in [1.165, 1.54) is 24.4 Å². The van der Waals surface area contributed by atoms with Crippen LogP contribution in [0.1, 0.15) is 21.5 Å². The first-order valence-electron chi connectivity index (χ1n) is 11.3. The van der Waals surface area contributed by atoms with Crippen LogP contribution in [0.25, 0.3) is 10.9 Å². The van der Waals surface area contributed by atoms with Crippen LogP contribution < -0.4 is 20.7 Å². The van der Waals surface area contributed by atoms with Crippen molar-refractivity contribution in [3.8, 4) is 11.8 Å². The van der Waals surface area contributed by atoms with Gasteiger partial charge < -0.3 is 20.7 Å². The number of nitriles is 1. The van der Waals surface area contributed by atoms with Gasteiger partial charge in [-0.05, 0) is 48.4 Å². The van der Waals surface area contributed by atoms with E-state index in [0.717, 1.165) is 16.5 Å². The molecule has 0 spiro atoms. The lowest BCUT2D eigenvalue weighted by molar-refractivity contribution is 0.0954. The summed E-state index contributed by atoms with van der Waals surface area (Å²) in [6.07, 6.45) is 3.67. The van der Waals surface area contributed by atoms with Gasteiger partial charge in [0, 0.05) is 31.4 Å². The number of carbonyl (C=O) groups excluding carboxylic acids is 1. The standard InChI is InChI=1S/C26H24FN7O2/c1-29-26-33-16-19-13-21(6-7-23(19)34-26)36-11-10-30-24-22(12-18(14-28)15-32-24)25(35)31-9-8-17-2-4-20(27)5-3-17/h2-7,12-13,15-16H,8-11H2,1H3,(H,30,32)(H,31,35)(H,29,33,34). The second-order valence-electron chi connectivity index (χ2n) is 7.80. The number of amides is 1. The highest BCUT2D eigenvalue weighted by Gasteiger charge is 2.14. The molecule has 4 rings (SSSR count). The Labute approximate surface area is 207 Å². The van der Waals surface area contributed by atoms with Crippen molar-refractivity contribution in [3.63, 3.8) is 0 Å². The molecular weight excluding hydrogens is 461 g/mol. The van der Waals surface area contributed by atoms with Gasteiger partial charge in [0.1, 0.15) is 30.1 Å². The molecule has 0 saturated carbocycles. The molecule has 0 saturated heterocycles. The van der Waals surface area contributed by atoms with E-state index in [2.05, 4.69) is 30.9 Å². The number of nitrogens with one attached hydrogen (secondary N) is 3. The summed E-state index contributed by atoms with van der Waals surface area (Å²) in [5.41, 5.74) is 2.24. The molecule has 0 aliphatic rings. The van der Waals surface area contributed by atoms with E-state index in [1.54, 1.807) is 25.4 Å².